The molecule has 2 amide bonds. The van der Waals surface area contributed by atoms with Crippen LogP contribution in [0.4, 0.5) is 10.6 Å². The fourth-order valence-corrected chi connectivity index (χ4v) is 1.95. The lowest BCUT2D eigenvalue weighted by molar-refractivity contribution is 0.167. The summed E-state index contributed by atoms with van der Waals surface area (Å²) in [6.45, 7) is 2.29. The highest BCUT2D eigenvalue weighted by atomic mass is 16.3. The molecule has 6 heteroatoms. The number of amides is 2. The van der Waals surface area contributed by atoms with Gasteiger partial charge in [-0.2, -0.15) is 5.10 Å². The van der Waals surface area contributed by atoms with E-state index in [2.05, 4.69) is 15.7 Å². The minimum absolute atomic E-state index is 0.326. The van der Waals surface area contributed by atoms with E-state index in [4.69, 9.17) is 0 Å². The van der Waals surface area contributed by atoms with E-state index in [0.717, 1.165) is 11.3 Å². The SMILES string of the molecule is Cc1cc(NC(=O)NCCC(O)c2ccccc2)nn1C. The summed E-state index contributed by atoms with van der Waals surface area (Å²) in [5.74, 6) is 0.510. The van der Waals surface area contributed by atoms with Crippen molar-refractivity contribution in [3.63, 3.8) is 0 Å². The van der Waals surface area contributed by atoms with Crippen molar-refractivity contribution >= 4 is 11.8 Å². The number of aryl methyl sites for hydroxylation is 2. The number of benzene rings is 1. The Hall–Kier alpha value is -2.34. The summed E-state index contributed by atoms with van der Waals surface area (Å²) in [5.41, 5.74) is 1.81. The topological polar surface area (TPSA) is 79.2 Å². The first kappa shape index (κ1) is 15.1. The van der Waals surface area contributed by atoms with Crippen LogP contribution in [0.5, 0.6) is 0 Å². The van der Waals surface area contributed by atoms with Gasteiger partial charge in [-0.15, -0.1) is 0 Å². The summed E-state index contributed by atoms with van der Waals surface area (Å²) in [6.07, 6.45) is -0.123. The average Bonchev–Trinajstić information content (AvgIpc) is 2.78. The fourth-order valence-electron chi connectivity index (χ4n) is 1.95. The molecule has 0 radical (unpaired) electrons. The fraction of sp³-hybridized carbons (Fsp3) is 0.333. The Morgan fingerprint density at radius 3 is 2.71 bits per heavy atom. The zero-order valence-electron chi connectivity index (χ0n) is 12.2. The molecule has 2 rings (SSSR count). The van der Waals surface area contributed by atoms with Gasteiger partial charge in [-0.25, -0.2) is 4.79 Å². The minimum atomic E-state index is -0.580. The molecule has 0 aliphatic rings. The Morgan fingerprint density at radius 2 is 2.10 bits per heavy atom. The van der Waals surface area contributed by atoms with Crippen molar-refractivity contribution in [2.24, 2.45) is 7.05 Å². The van der Waals surface area contributed by atoms with Crippen molar-refractivity contribution in [3.8, 4) is 0 Å². The van der Waals surface area contributed by atoms with E-state index in [1.165, 1.54) is 0 Å². The van der Waals surface area contributed by atoms with Gasteiger partial charge in [0.2, 0.25) is 0 Å². The molecule has 0 bridgehead atoms. The first-order valence-corrected chi connectivity index (χ1v) is 6.85. The van der Waals surface area contributed by atoms with Crippen molar-refractivity contribution < 1.29 is 9.90 Å². The number of nitrogens with one attached hydrogen (secondary N) is 2. The van der Waals surface area contributed by atoms with E-state index >= 15 is 0 Å². The molecule has 0 spiro atoms. The molecule has 0 aliphatic carbocycles. The van der Waals surface area contributed by atoms with E-state index in [1.807, 2.05) is 44.3 Å². The summed E-state index contributed by atoms with van der Waals surface area (Å²) >= 11 is 0. The molecule has 0 aliphatic heterocycles. The molecule has 0 saturated heterocycles. The molecule has 2 aromatic rings. The van der Waals surface area contributed by atoms with E-state index in [1.54, 1.807) is 10.7 Å². The number of hydrogen-bond donors (Lipinski definition) is 3. The van der Waals surface area contributed by atoms with Crippen LogP contribution >= 0.6 is 0 Å². The monoisotopic (exact) mass is 288 g/mol. The van der Waals surface area contributed by atoms with Gasteiger partial charge in [0.25, 0.3) is 0 Å². The average molecular weight is 288 g/mol. The van der Waals surface area contributed by atoms with E-state index in [9.17, 15) is 9.90 Å². The molecule has 3 N–H and O–H groups in total. The van der Waals surface area contributed by atoms with Gasteiger partial charge in [0, 0.05) is 25.4 Å². The highest BCUT2D eigenvalue weighted by Crippen LogP contribution is 2.14. The van der Waals surface area contributed by atoms with Crippen LogP contribution in [-0.2, 0) is 7.05 Å². The summed E-state index contributed by atoms with van der Waals surface area (Å²) in [5, 5.41) is 19.5. The highest BCUT2D eigenvalue weighted by molar-refractivity contribution is 5.88. The van der Waals surface area contributed by atoms with Gasteiger partial charge in [0.1, 0.15) is 0 Å². The van der Waals surface area contributed by atoms with Crippen LogP contribution in [0.25, 0.3) is 0 Å². The molecule has 1 aromatic heterocycles. The maximum atomic E-state index is 11.7. The van der Waals surface area contributed by atoms with Gasteiger partial charge in [0.05, 0.1) is 6.10 Å². The smallest absolute Gasteiger partial charge is 0.320 e. The van der Waals surface area contributed by atoms with Crippen molar-refractivity contribution in [3.05, 3.63) is 47.7 Å². The lowest BCUT2D eigenvalue weighted by Gasteiger charge is -2.11. The lowest BCUT2D eigenvalue weighted by Crippen LogP contribution is -2.30. The van der Waals surface area contributed by atoms with E-state index in [-0.39, 0.29) is 6.03 Å². The molecule has 0 saturated carbocycles. The Labute approximate surface area is 123 Å². The summed E-state index contributed by atoms with van der Waals surface area (Å²) < 4.78 is 1.69. The summed E-state index contributed by atoms with van der Waals surface area (Å²) in [7, 11) is 1.81. The number of aromatic nitrogens is 2. The second-order valence-corrected chi connectivity index (χ2v) is 4.89. The van der Waals surface area contributed by atoms with Crippen LogP contribution in [0, 0.1) is 6.92 Å². The predicted octanol–water partition coefficient (Wildman–Crippen LogP) is 1.97. The zero-order valence-corrected chi connectivity index (χ0v) is 12.2. The van der Waals surface area contributed by atoms with Crippen LogP contribution in [-0.4, -0.2) is 27.5 Å². The zero-order chi connectivity index (χ0) is 15.2. The van der Waals surface area contributed by atoms with Gasteiger partial charge in [-0.3, -0.25) is 10.00 Å². The lowest BCUT2D eigenvalue weighted by atomic mass is 10.1. The van der Waals surface area contributed by atoms with Crippen LogP contribution in [0.1, 0.15) is 23.8 Å². The van der Waals surface area contributed by atoms with Crippen LogP contribution in [0.2, 0.25) is 0 Å². The molecule has 6 nitrogen and oxygen atoms in total. The van der Waals surface area contributed by atoms with Gasteiger partial charge < -0.3 is 10.4 Å². The van der Waals surface area contributed by atoms with Crippen LogP contribution in [0.15, 0.2) is 36.4 Å². The third kappa shape index (κ3) is 4.32. The number of carbonyl (C=O) groups excluding carboxylic acids is 1. The third-order valence-corrected chi connectivity index (χ3v) is 3.24. The number of aliphatic hydroxyl groups excluding tert-OH is 1. The summed E-state index contributed by atoms with van der Waals surface area (Å²) in [4.78, 5) is 11.7. The number of hydrogen-bond acceptors (Lipinski definition) is 3. The molecule has 1 atom stereocenters. The second-order valence-electron chi connectivity index (χ2n) is 4.89. The third-order valence-electron chi connectivity index (χ3n) is 3.24. The Kier molecular flexibility index (Phi) is 4.94. The van der Waals surface area contributed by atoms with Crippen molar-refractivity contribution in [1.82, 2.24) is 15.1 Å². The number of aliphatic hydroxyl groups is 1. The van der Waals surface area contributed by atoms with Gasteiger partial charge in [-0.1, -0.05) is 30.3 Å². The number of rotatable bonds is 5. The normalized spacial score (nSPS) is 12.0. The van der Waals surface area contributed by atoms with E-state index in [0.29, 0.717) is 18.8 Å². The van der Waals surface area contributed by atoms with Crippen molar-refractivity contribution in [2.45, 2.75) is 19.4 Å². The molecule has 1 heterocycles. The van der Waals surface area contributed by atoms with Gasteiger partial charge >= 0.3 is 6.03 Å². The number of carbonyl (C=O) groups is 1. The van der Waals surface area contributed by atoms with Gasteiger partial charge in [0.15, 0.2) is 5.82 Å². The molecule has 1 unspecified atom stereocenters. The number of nitrogens with zero attached hydrogens (tertiary/aromatic N) is 2. The molecule has 21 heavy (non-hydrogen) atoms. The first-order chi connectivity index (χ1) is 10.1. The van der Waals surface area contributed by atoms with Crippen molar-refractivity contribution in [2.75, 3.05) is 11.9 Å². The van der Waals surface area contributed by atoms with Crippen molar-refractivity contribution in [1.29, 1.82) is 0 Å². The molecule has 1 aromatic carbocycles. The minimum Gasteiger partial charge on any atom is -0.388 e. The molecule has 112 valence electrons. The maximum absolute atomic E-state index is 11.7. The number of anilines is 1. The van der Waals surface area contributed by atoms with Crippen LogP contribution < -0.4 is 10.6 Å². The number of urea groups is 1. The first-order valence-electron chi connectivity index (χ1n) is 6.85. The quantitative estimate of drug-likeness (QED) is 0.787. The Balaban J connectivity index is 1.74. The Bertz CT molecular complexity index is 575. The largest absolute Gasteiger partial charge is 0.388 e. The second kappa shape index (κ2) is 6.90. The van der Waals surface area contributed by atoms with Crippen LogP contribution in [0.3, 0.4) is 0 Å². The molecule has 0 fully saturated rings. The Morgan fingerprint density at radius 1 is 1.38 bits per heavy atom. The molecular formula is C15H20N4O2. The highest BCUT2D eigenvalue weighted by Gasteiger charge is 2.09. The standard InChI is InChI=1S/C15H20N4O2/c1-11-10-14(18-19(11)2)17-15(21)16-9-8-13(20)12-6-4-3-5-7-12/h3-7,10,13,20H,8-9H2,1-2H3,(H2,16,17,18,21). The summed E-state index contributed by atoms with van der Waals surface area (Å²) in [6, 6.07) is 10.8. The maximum Gasteiger partial charge on any atom is 0.320 e. The van der Waals surface area contributed by atoms with Gasteiger partial charge in [-0.05, 0) is 18.9 Å². The van der Waals surface area contributed by atoms with E-state index < -0.39 is 6.10 Å². The predicted molar refractivity (Wildman–Crippen MR) is 81.0 cm³/mol. The molecular weight excluding hydrogens is 268 g/mol.